The summed E-state index contributed by atoms with van der Waals surface area (Å²) in [6.07, 6.45) is -1.87. The smallest absolute Gasteiger partial charge is 0.416 e. The number of ether oxygens (including phenoxy) is 1. The lowest BCUT2D eigenvalue weighted by molar-refractivity contribution is -0.137. The first-order chi connectivity index (χ1) is 9.58. The Balaban J connectivity index is 2.53. The molecule has 0 atom stereocenters. The first-order valence-corrected chi connectivity index (χ1v) is 6.38. The number of nitrogens with one attached hydrogen (secondary N) is 1. The highest BCUT2D eigenvalue weighted by atomic mass is 19.4. The Kier molecular flexibility index (Phi) is 5.41. The second kappa shape index (κ2) is 6.65. The molecule has 0 spiro atoms. The summed E-state index contributed by atoms with van der Waals surface area (Å²) in [5.74, 6) is 0. The Bertz CT molecular complexity index is 516. The van der Waals surface area contributed by atoms with Crippen molar-refractivity contribution in [1.82, 2.24) is 5.32 Å². The summed E-state index contributed by atoms with van der Waals surface area (Å²) in [5, 5.41) is 2.48. The predicted octanol–water partition coefficient (Wildman–Crippen LogP) is 4.24. The third-order valence-corrected chi connectivity index (χ3v) is 2.29. The molecular formula is C15H18F3NO2. The van der Waals surface area contributed by atoms with E-state index >= 15 is 0 Å². The molecule has 0 aliphatic carbocycles. The van der Waals surface area contributed by atoms with E-state index in [-0.39, 0.29) is 6.54 Å². The van der Waals surface area contributed by atoms with E-state index in [1.165, 1.54) is 12.1 Å². The van der Waals surface area contributed by atoms with Gasteiger partial charge in [0.15, 0.2) is 0 Å². The molecule has 1 aromatic carbocycles. The molecule has 1 aromatic rings. The van der Waals surface area contributed by atoms with Gasteiger partial charge in [-0.15, -0.1) is 0 Å². The van der Waals surface area contributed by atoms with E-state index in [4.69, 9.17) is 4.74 Å². The van der Waals surface area contributed by atoms with Gasteiger partial charge in [-0.25, -0.2) is 4.79 Å². The molecule has 3 nitrogen and oxygen atoms in total. The summed E-state index contributed by atoms with van der Waals surface area (Å²) in [4.78, 5) is 11.3. The van der Waals surface area contributed by atoms with Crippen LogP contribution in [0.3, 0.4) is 0 Å². The zero-order valence-electron chi connectivity index (χ0n) is 12.1. The molecule has 0 radical (unpaired) electrons. The highest BCUT2D eigenvalue weighted by Gasteiger charge is 2.30. The normalized spacial score (nSPS) is 12.5. The van der Waals surface area contributed by atoms with Crippen molar-refractivity contribution in [3.8, 4) is 0 Å². The van der Waals surface area contributed by atoms with Gasteiger partial charge in [0.25, 0.3) is 0 Å². The van der Waals surface area contributed by atoms with Gasteiger partial charge in [-0.1, -0.05) is 24.3 Å². The maximum absolute atomic E-state index is 12.5. The minimum atomic E-state index is -4.36. The van der Waals surface area contributed by atoms with Crippen LogP contribution in [-0.2, 0) is 10.9 Å². The zero-order chi connectivity index (χ0) is 16.1. The number of alkyl carbamates (subject to hydrolysis) is 1. The largest absolute Gasteiger partial charge is 0.444 e. The second-order valence-corrected chi connectivity index (χ2v) is 5.41. The molecule has 0 bridgehead atoms. The number of hydrogen-bond acceptors (Lipinski definition) is 2. The second-order valence-electron chi connectivity index (χ2n) is 5.41. The lowest BCUT2D eigenvalue weighted by atomic mass is 10.1. The van der Waals surface area contributed by atoms with Crippen LogP contribution in [0.2, 0.25) is 0 Å². The van der Waals surface area contributed by atoms with E-state index in [1.54, 1.807) is 32.9 Å². The molecule has 116 valence electrons. The van der Waals surface area contributed by atoms with Crippen LogP contribution >= 0.6 is 0 Å². The maximum Gasteiger partial charge on any atom is 0.416 e. The first kappa shape index (κ1) is 17.1. The standard InChI is InChI=1S/C15H18F3NO2/c1-14(2,3)21-13(20)19-9-5-7-11-6-4-8-12(10-11)15(16,17)18/h4-8,10H,9H2,1-3H3,(H,19,20). The van der Waals surface area contributed by atoms with Gasteiger partial charge in [-0.2, -0.15) is 13.2 Å². The van der Waals surface area contributed by atoms with Crippen molar-refractivity contribution in [2.24, 2.45) is 0 Å². The van der Waals surface area contributed by atoms with Crippen molar-refractivity contribution in [2.75, 3.05) is 6.54 Å². The number of carbonyl (C=O) groups excluding carboxylic acids is 1. The minimum absolute atomic E-state index is 0.172. The highest BCUT2D eigenvalue weighted by Crippen LogP contribution is 2.29. The van der Waals surface area contributed by atoms with Gasteiger partial charge in [0.05, 0.1) is 5.56 Å². The molecule has 1 rings (SSSR count). The average Bonchev–Trinajstić information content (AvgIpc) is 2.32. The van der Waals surface area contributed by atoms with Crippen LogP contribution in [0.4, 0.5) is 18.0 Å². The topological polar surface area (TPSA) is 38.3 Å². The third-order valence-electron chi connectivity index (χ3n) is 2.29. The number of rotatable bonds is 3. The van der Waals surface area contributed by atoms with Gasteiger partial charge in [0.1, 0.15) is 5.60 Å². The van der Waals surface area contributed by atoms with E-state index in [9.17, 15) is 18.0 Å². The van der Waals surface area contributed by atoms with Crippen molar-refractivity contribution in [3.63, 3.8) is 0 Å². The molecule has 1 amide bonds. The van der Waals surface area contributed by atoms with Crippen LogP contribution in [0, 0.1) is 0 Å². The Labute approximate surface area is 121 Å². The van der Waals surface area contributed by atoms with Crippen LogP contribution in [0.1, 0.15) is 31.9 Å². The quantitative estimate of drug-likeness (QED) is 0.906. The van der Waals surface area contributed by atoms with Gasteiger partial charge in [0, 0.05) is 6.54 Å². The number of alkyl halides is 3. The molecule has 0 unspecified atom stereocenters. The summed E-state index contributed by atoms with van der Waals surface area (Å²) in [7, 11) is 0. The Morgan fingerprint density at radius 2 is 1.95 bits per heavy atom. The summed E-state index contributed by atoms with van der Waals surface area (Å²) in [6.45, 7) is 5.40. The molecule has 0 saturated heterocycles. The lowest BCUT2D eigenvalue weighted by Crippen LogP contribution is -2.32. The molecule has 21 heavy (non-hydrogen) atoms. The first-order valence-electron chi connectivity index (χ1n) is 6.38. The molecule has 0 fully saturated rings. The van der Waals surface area contributed by atoms with Gasteiger partial charge in [-0.3, -0.25) is 0 Å². The number of halogens is 3. The van der Waals surface area contributed by atoms with Crippen molar-refractivity contribution in [3.05, 3.63) is 41.5 Å². The molecule has 0 aliphatic rings. The molecule has 0 aliphatic heterocycles. The van der Waals surface area contributed by atoms with Crippen molar-refractivity contribution < 1.29 is 22.7 Å². The SMILES string of the molecule is CC(C)(C)OC(=O)NCC=Cc1cccc(C(F)(F)F)c1. The van der Waals surface area contributed by atoms with Gasteiger partial charge in [0.2, 0.25) is 0 Å². The van der Waals surface area contributed by atoms with Crippen LogP contribution in [0.15, 0.2) is 30.3 Å². The van der Waals surface area contributed by atoms with E-state index in [0.29, 0.717) is 5.56 Å². The third kappa shape index (κ3) is 6.83. The molecule has 0 saturated carbocycles. The summed E-state index contributed by atoms with van der Waals surface area (Å²) in [6, 6.07) is 4.95. The van der Waals surface area contributed by atoms with Crippen molar-refractivity contribution >= 4 is 12.2 Å². The fraction of sp³-hybridized carbons (Fsp3) is 0.400. The number of hydrogen-bond donors (Lipinski definition) is 1. The molecule has 6 heteroatoms. The number of benzene rings is 1. The number of amides is 1. The molecule has 0 aromatic heterocycles. The summed E-state index contributed by atoms with van der Waals surface area (Å²) < 4.78 is 42.6. The zero-order valence-corrected chi connectivity index (χ0v) is 12.1. The van der Waals surface area contributed by atoms with Crippen LogP contribution in [-0.4, -0.2) is 18.2 Å². The van der Waals surface area contributed by atoms with Crippen LogP contribution in [0.5, 0.6) is 0 Å². The van der Waals surface area contributed by atoms with Crippen LogP contribution < -0.4 is 5.32 Å². The van der Waals surface area contributed by atoms with Gasteiger partial charge in [-0.05, 0) is 38.5 Å². The fourth-order valence-electron chi connectivity index (χ4n) is 1.47. The van der Waals surface area contributed by atoms with Crippen LogP contribution in [0.25, 0.3) is 6.08 Å². The Morgan fingerprint density at radius 1 is 1.29 bits per heavy atom. The van der Waals surface area contributed by atoms with E-state index < -0.39 is 23.4 Å². The van der Waals surface area contributed by atoms with E-state index in [2.05, 4.69) is 5.32 Å². The maximum atomic E-state index is 12.5. The fourth-order valence-corrected chi connectivity index (χ4v) is 1.47. The van der Waals surface area contributed by atoms with E-state index in [1.807, 2.05) is 0 Å². The van der Waals surface area contributed by atoms with Gasteiger partial charge < -0.3 is 10.1 Å². The summed E-state index contributed by atoms with van der Waals surface area (Å²) >= 11 is 0. The molecule has 1 N–H and O–H groups in total. The van der Waals surface area contributed by atoms with Crippen molar-refractivity contribution in [2.45, 2.75) is 32.5 Å². The monoisotopic (exact) mass is 301 g/mol. The summed E-state index contributed by atoms with van der Waals surface area (Å²) in [5.41, 5.74) is -0.880. The number of carbonyl (C=O) groups is 1. The van der Waals surface area contributed by atoms with E-state index in [0.717, 1.165) is 12.1 Å². The van der Waals surface area contributed by atoms with Crippen molar-refractivity contribution in [1.29, 1.82) is 0 Å². The molecular weight excluding hydrogens is 283 g/mol. The molecule has 0 heterocycles. The Hall–Kier alpha value is -1.98. The van der Waals surface area contributed by atoms with Gasteiger partial charge >= 0.3 is 12.3 Å². The Morgan fingerprint density at radius 3 is 2.52 bits per heavy atom. The highest BCUT2D eigenvalue weighted by molar-refractivity contribution is 5.68. The predicted molar refractivity (Wildman–Crippen MR) is 74.7 cm³/mol. The lowest BCUT2D eigenvalue weighted by Gasteiger charge is -2.19. The average molecular weight is 301 g/mol. The minimum Gasteiger partial charge on any atom is -0.444 e.